The van der Waals surface area contributed by atoms with Crippen LogP contribution in [0.1, 0.15) is 31.1 Å². The average molecular weight is 291 g/mol. The zero-order valence-corrected chi connectivity index (χ0v) is 11.8. The van der Waals surface area contributed by atoms with E-state index in [9.17, 15) is 14.0 Å². The van der Waals surface area contributed by atoms with Crippen molar-refractivity contribution in [2.24, 2.45) is 5.41 Å². The molecule has 0 saturated heterocycles. The molecule has 0 aromatic heterocycles. The van der Waals surface area contributed by atoms with Gasteiger partial charge in [-0.25, -0.2) is 4.39 Å². The van der Waals surface area contributed by atoms with Gasteiger partial charge in [-0.3, -0.25) is 9.59 Å². The fraction of sp³-hybridized carbons (Fsp3) is 0.385. The summed E-state index contributed by atoms with van der Waals surface area (Å²) in [4.78, 5) is 23.6. The monoisotopic (exact) mass is 290 g/mol. The van der Waals surface area contributed by atoms with Crippen LogP contribution in [0.15, 0.2) is 18.2 Å². The highest BCUT2D eigenvalue weighted by Crippen LogP contribution is 2.28. The van der Waals surface area contributed by atoms with Gasteiger partial charge < -0.3 is 0 Å². The van der Waals surface area contributed by atoms with Crippen LogP contribution < -0.4 is 0 Å². The zero-order valence-electron chi connectivity index (χ0n) is 10.3. The molecule has 98 valence electrons. The normalized spacial score (nSPS) is 13.2. The van der Waals surface area contributed by atoms with Crippen LogP contribution in [-0.2, 0) is 4.79 Å². The first kappa shape index (κ1) is 15.1. The molecule has 1 unspecified atom stereocenters. The number of Topliss-reactive ketones (excluding diaryl/α,β-unsaturated/α-hetero) is 2. The molecule has 0 radical (unpaired) electrons. The van der Waals surface area contributed by atoms with Crippen LogP contribution in [-0.4, -0.2) is 17.7 Å². The molecule has 1 atom stereocenters. The number of benzene rings is 1. The molecule has 0 bridgehead atoms. The molecule has 0 heterocycles. The highest BCUT2D eigenvalue weighted by atomic mass is 35.5. The Morgan fingerprint density at radius 2 is 1.78 bits per heavy atom. The number of carbonyl (C=O) groups is 2. The number of rotatable bonds is 3. The fourth-order valence-electron chi connectivity index (χ4n) is 1.33. The Hall–Kier alpha value is -0.930. The number of alkyl halides is 1. The van der Waals surface area contributed by atoms with Crippen molar-refractivity contribution >= 4 is 34.8 Å². The van der Waals surface area contributed by atoms with Gasteiger partial charge in [-0.2, -0.15) is 0 Å². The lowest BCUT2D eigenvalue weighted by molar-refractivity contribution is -0.129. The molecule has 0 aliphatic heterocycles. The van der Waals surface area contributed by atoms with Gasteiger partial charge in [0.05, 0.1) is 10.0 Å². The maximum absolute atomic E-state index is 13.9. The Balaban J connectivity index is 3.09. The summed E-state index contributed by atoms with van der Waals surface area (Å²) in [5.41, 5.74) is -1.01. The molecule has 0 N–H and O–H groups in total. The van der Waals surface area contributed by atoms with Gasteiger partial charge in [0.15, 0.2) is 5.78 Å². The molecule has 5 heteroatoms. The van der Waals surface area contributed by atoms with Crippen LogP contribution in [0.5, 0.6) is 0 Å². The lowest BCUT2D eigenvalue weighted by Gasteiger charge is -2.19. The van der Waals surface area contributed by atoms with Gasteiger partial charge in [0.1, 0.15) is 0 Å². The van der Waals surface area contributed by atoms with Crippen LogP contribution in [0.2, 0.25) is 10.0 Å². The van der Waals surface area contributed by atoms with Gasteiger partial charge in [-0.15, -0.1) is 0 Å². The minimum atomic E-state index is -2.22. The van der Waals surface area contributed by atoms with E-state index in [0.29, 0.717) is 0 Å². The quantitative estimate of drug-likeness (QED) is 0.620. The molecule has 0 aliphatic carbocycles. The molecule has 1 aromatic carbocycles. The molecule has 1 aromatic rings. The van der Waals surface area contributed by atoms with Crippen LogP contribution >= 0.6 is 23.2 Å². The zero-order chi connectivity index (χ0) is 14.1. The van der Waals surface area contributed by atoms with Crippen LogP contribution in [0, 0.1) is 5.41 Å². The predicted octanol–water partition coefficient (Wildman–Crippen LogP) is 4.13. The largest absolute Gasteiger partial charge is 0.295 e. The van der Waals surface area contributed by atoms with Crippen molar-refractivity contribution in [3.63, 3.8) is 0 Å². The van der Waals surface area contributed by atoms with E-state index < -0.39 is 23.2 Å². The maximum atomic E-state index is 13.9. The van der Waals surface area contributed by atoms with Gasteiger partial charge in [-0.05, 0) is 12.1 Å². The third-order valence-corrected chi connectivity index (χ3v) is 3.24. The van der Waals surface area contributed by atoms with Crippen LogP contribution in [0.25, 0.3) is 0 Å². The standard InChI is InChI=1S/C13H13Cl2FO2/c1-13(2,3)12(18)10(16)11(17)7-5-4-6-8(14)9(7)15/h4-6,10H,1-3H3. The molecule has 0 saturated carbocycles. The fourth-order valence-corrected chi connectivity index (χ4v) is 1.72. The topological polar surface area (TPSA) is 34.1 Å². The van der Waals surface area contributed by atoms with E-state index in [1.807, 2.05) is 0 Å². The number of carbonyl (C=O) groups excluding carboxylic acids is 2. The molecular weight excluding hydrogens is 278 g/mol. The molecule has 1 rings (SSSR count). The van der Waals surface area contributed by atoms with Crippen molar-refractivity contribution in [2.75, 3.05) is 0 Å². The Morgan fingerprint density at radius 1 is 1.22 bits per heavy atom. The van der Waals surface area contributed by atoms with Crippen molar-refractivity contribution in [3.8, 4) is 0 Å². The van der Waals surface area contributed by atoms with Gasteiger partial charge in [0.2, 0.25) is 12.0 Å². The summed E-state index contributed by atoms with van der Waals surface area (Å²) in [7, 11) is 0. The van der Waals surface area contributed by atoms with Crippen molar-refractivity contribution in [3.05, 3.63) is 33.8 Å². The minimum absolute atomic E-state index is 0.0338. The molecule has 0 spiro atoms. The SMILES string of the molecule is CC(C)(C)C(=O)C(F)C(=O)c1cccc(Cl)c1Cl. The summed E-state index contributed by atoms with van der Waals surface area (Å²) >= 11 is 11.6. The third-order valence-electron chi connectivity index (χ3n) is 2.42. The summed E-state index contributed by atoms with van der Waals surface area (Å²) in [5, 5.41) is 0.117. The van der Waals surface area contributed by atoms with E-state index >= 15 is 0 Å². The first-order valence-electron chi connectivity index (χ1n) is 5.33. The van der Waals surface area contributed by atoms with Gasteiger partial charge in [0.25, 0.3) is 0 Å². The van der Waals surface area contributed by atoms with E-state index in [1.54, 1.807) is 20.8 Å². The highest BCUT2D eigenvalue weighted by molar-refractivity contribution is 6.44. The van der Waals surface area contributed by atoms with Crippen LogP contribution in [0.3, 0.4) is 0 Å². The van der Waals surface area contributed by atoms with Crippen molar-refractivity contribution < 1.29 is 14.0 Å². The van der Waals surface area contributed by atoms with Crippen molar-refractivity contribution in [2.45, 2.75) is 26.9 Å². The summed E-state index contributed by atoms with van der Waals surface area (Å²) in [6.45, 7) is 4.65. The van der Waals surface area contributed by atoms with E-state index in [2.05, 4.69) is 0 Å². The lowest BCUT2D eigenvalue weighted by atomic mass is 9.86. The van der Waals surface area contributed by atoms with Crippen LogP contribution in [0.4, 0.5) is 4.39 Å². The average Bonchev–Trinajstić information content (AvgIpc) is 2.28. The Morgan fingerprint density at radius 3 is 2.28 bits per heavy atom. The second-order valence-corrected chi connectivity index (χ2v) is 5.73. The summed E-state index contributed by atoms with van der Waals surface area (Å²) in [6, 6.07) is 4.31. The molecule has 2 nitrogen and oxygen atoms in total. The van der Waals surface area contributed by atoms with Gasteiger partial charge in [-0.1, -0.05) is 50.0 Å². The molecular formula is C13H13Cl2FO2. The third kappa shape index (κ3) is 3.09. The number of hydrogen-bond acceptors (Lipinski definition) is 2. The lowest BCUT2D eigenvalue weighted by Crippen LogP contribution is -2.35. The molecule has 18 heavy (non-hydrogen) atoms. The number of halogens is 3. The Labute approximate surface area is 115 Å². The van der Waals surface area contributed by atoms with Gasteiger partial charge in [0, 0.05) is 11.0 Å². The number of hydrogen-bond donors (Lipinski definition) is 0. The Bertz CT molecular complexity index is 492. The smallest absolute Gasteiger partial charge is 0.221 e. The highest BCUT2D eigenvalue weighted by Gasteiger charge is 2.35. The van der Waals surface area contributed by atoms with E-state index in [-0.39, 0.29) is 15.6 Å². The van der Waals surface area contributed by atoms with E-state index in [4.69, 9.17) is 23.2 Å². The molecule has 0 amide bonds. The minimum Gasteiger partial charge on any atom is -0.295 e. The van der Waals surface area contributed by atoms with E-state index in [1.165, 1.54) is 18.2 Å². The summed E-state index contributed by atoms with van der Waals surface area (Å²) in [5.74, 6) is -1.73. The van der Waals surface area contributed by atoms with Crippen molar-refractivity contribution in [1.82, 2.24) is 0 Å². The molecule has 0 aliphatic rings. The first-order valence-corrected chi connectivity index (χ1v) is 6.08. The first-order chi connectivity index (χ1) is 8.16. The summed E-state index contributed by atoms with van der Waals surface area (Å²) < 4.78 is 13.9. The second-order valence-electron chi connectivity index (χ2n) is 4.94. The molecule has 0 fully saturated rings. The second kappa shape index (κ2) is 5.37. The summed E-state index contributed by atoms with van der Waals surface area (Å²) in [6.07, 6.45) is -2.22. The van der Waals surface area contributed by atoms with Crippen molar-refractivity contribution in [1.29, 1.82) is 0 Å². The Kier molecular flexibility index (Phi) is 4.51. The number of ketones is 2. The van der Waals surface area contributed by atoms with Gasteiger partial charge >= 0.3 is 0 Å². The predicted molar refractivity (Wildman–Crippen MR) is 70.2 cm³/mol. The maximum Gasteiger partial charge on any atom is 0.221 e. The van der Waals surface area contributed by atoms with E-state index in [0.717, 1.165) is 0 Å².